The van der Waals surface area contributed by atoms with E-state index in [0.717, 1.165) is 11.1 Å². The Balaban J connectivity index is 1.98. The van der Waals surface area contributed by atoms with Crippen molar-refractivity contribution < 1.29 is 9.53 Å². The number of hydrogen-bond donors (Lipinski definition) is 1. The number of carbonyl (C=O) groups is 1. The van der Waals surface area contributed by atoms with Gasteiger partial charge in [0.2, 0.25) is 0 Å². The van der Waals surface area contributed by atoms with Crippen molar-refractivity contribution in [1.29, 1.82) is 0 Å². The fourth-order valence-corrected chi connectivity index (χ4v) is 2.39. The Hall–Kier alpha value is -2.29. The molecule has 1 N–H and O–H groups in total. The molecule has 3 nitrogen and oxygen atoms in total. The van der Waals surface area contributed by atoms with Gasteiger partial charge < -0.3 is 10.1 Å². The topological polar surface area (TPSA) is 38.3 Å². The molecule has 2 aromatic carbocycles. The molecule has 0 radical (unpaired) electrons. The summed E-state index contributed by atoms with van der Waals surface area (Å²) in [7, 11) is 0. The van der Waals surface area contributed by atoms with Crippen molar-refractivity contribution in [3.63, 3.8) is 0 Å². The van der Waals surface area contributed by atoms with E-state index in [0.29, 0.717) is 5.75 Å². The molecule has 1 amide bonds. The summed E-state index contributed by atoms with van der Waals surface area (Å²) in [5.74, 6) is 0.601. The second-order valence-corrected chi connectivity index (χ2v) is 6.15. The Bertz CT molecular complexity index is 694. The molecular formula is C20H25NO2. The number of carbonyl (C=O) groups excluding carboxylic acids is 1. The van der Waals surface area contributed by atoms with Crippen LogP contribution in [0.2, 0.25) is 0 Å². The predicted molar refractivity (Wildman–Crippen MR) is 93.7 cm³/mol. The van der Waals surface area contributed by atoms with Crippen LogP contribution in [-0.4, -0.2) is 12.0 Å². The molecule has 0 saturated heterocycles. The molecule has 0 aromatic heterocycles. The van der Waals surface area contributed by atoms with Crippen LogP contribution in [0.25, 0.3) is 0 Å². The van der Waals surface area contributed by atoms with Crippen LogP contribution in [0.1, 0.15) is 42.1 Å². The summed E-state index contributed by atoms with van der Waals surface area (Å²) in [6, 6.07) is 13.9. The van der Waals surface area contributed by atoms with E-state index in [2.05, 4.69) is 37.4 Å². The molecule has 0 aliphatic heterocycles. The van der Waals surface area contributed by atoms with E-state index >= 15 is 0 Å². The molecule has 2 atom stereocenters. The fraction of sp³-hybridized carbons (Fsp3) is 0.350. The average molecular weight is 311 g/mol. The lowest BCUT2D eigenvalue weighted by Gasteiger charge is -2.20. The first-order valence-corrected chi connectivity index (χ1v) is 7.97. The zero-order valence-corrected chi connectivity index (χ0v) is 14.5. The highest BCUT2D eigenvalue weighted by molar-refractivity contribution is 5.81. The summed E-state index contributed by atoms with van der Waals surface area (Å²) < 4.78 is 5.72. The Kier molecular flexibility index (Phi) is 5.43. The van der Waals surface area contributed by atoms with E-state index in [1.807, 2.05) is 38.1 Å². The van der Waals surface area contributed by atoms with Crippen molar-refractivity contribution in [3.8, 4) is 5.75 Å². The predicted octanol–water partition coefficient (Wildman–Crippen LogP) is 4.26. The van der Waals surface area contributed by atoms with Gasteiger partial charge in [-0.15, -0.1) is 0 Å². The van der Waals surface area contributed by atoms with Gasteiger partial charge in [-0.05, 0) is 69.0 Å². The summed E-state index contributed by atoms with van der Waals surface area (Å²) in [5, 5.41) is 3.01. The minimum Gasteiger partial charge on any atom is -0.481 e. The third-order valence-electron chi connectivity index (χ3n) is 4.06. The molecule has 0 saturated carbocycles. The molecule has 2 unspecified atom stereocenters. The van der Waals surface area contributed by atoms with Crippen LogP contribution in [0.5, 0.6) is 5.75 Å². The zero-order valence-electron chi connectivity index (χ0n) is 14.5. The fourth-order valence-electron chi connectivity index (χ4n) is 2.39. The largest absolute Gasteiger partial charge is 0.481 e. The van der Waals surface area contributed by atoms with E-state index in [1.165, 1.54) is 11.1 Å². The van der Waals surface area contributed by atoms with Crippen LogP contribution >= 0.6 is 0 Å². The lowest BCUT2D eigenvalue weighted by atomic mass is 10.0. The first-order chi connectivity index (χ1) is 10.9. The van der Waals surface area contributed by atoms with Gasteiger partial charge in [0.05, 0.1) is 6.04 Å². The first-order valence-electron chi connectivity index (χ1n) is 7.97. The number of hydrogen-bond acceptors (Lipinski definition) is 2. The number of nitrogens with one attached hydrogen (secondary N) is 1. The zero-order chi connectivity index (χ0) is 17.0. The van der Waals surface area contributed by atoms with Crippen molar-refractivity contribution in [1.82, 2.24) is 5.32 Å². The third-order valence-corrected chi connectivity index (χ3v) is 4.06. The Morgan fingerprint density at radius 1 is 1.00 bits per heavy atom. The van der Waals surface area contributed by atoms with Crippen LogP contribution in [0.3, 0.4) is 0 Å². The highest BCUT2D eigenvalue weighted by atomic mass is 16.5. The molecule has 2 aromatic rings. The first kappa shape index (κ1) is 17.1. The summed E-state index contributed by atoms with van der Waals surface area (Å²) in [5.41, 5.74) is 4.69. The quantitative estimate of drug-likeness (QED) is 0.896. The summed E-state index contributed by atoms with van der Waals surface area (Å²) in [6.07, 6.45) is -0.536. The number of amides is 1. The molecule has 0 heterocycles. The Labute approximate surface area is 138 Å². The van der Waals surface area contributed by atoms with Crippen molar-refractivity contribution in [3.05, 3.63) is 64.7 Å². The van der Waals surface area contributed by atoms with Crippen molar-refractivity contribution in [2.24, 2.45) is 0 Å². The SMILES string of the molecule is Cc1cccc(OC(C)C(=O)NC(C)c2ccc(C)c(C)c2)c1. The lowest BCUT2D eigenvalue weighted by Crippen LogP contribution is -2.37. The van der Waals surface area contributed by atoms with E-state index < -0.39 is 6.10 Å². The number of rotatable bonds is 5. The number of aryl methyl sites for hydroxylation is 3. The number of ether oxygens (including phenoxy) is 1. The maximum absolute atomic E-state index is 12.3. The van der Waals surface area contributed by atoms with E-state index in [1.54, 1.807) is 6.92 Å². The van der Waals surface area contributed by atoms with Gasteiger partial charge in [0.15, 0.2) is 6.10 Å². The molecule has 0 bridgehead atoms. The Morgan fingerprint density at radius 2 is 1.74 bits per heavy atom. The van der Waals surface area contributed by atoms with E-state index in [-0.39, 0.29) is 11.9 Å². The van der Waals surface area contributed by atoms with Crippen molar-refractivity contribution in [2.45, 2.75) is 46.8 Å². The normalized spacial score (nSPS) is 13.3. The molecule has 122 valence electrons. The summed E-state index contributed by atoms with van der Waals surface area (Å²) >= 11 is 0. The van der Waals surface area contributed by atoms with Crippen LogP contribution in [0.15, 0.2) is 42.5 Å². The third kappa shape index (κ3) is 4.59. The average Bonchev–Trinajstić information content (AvgIpc) is 2.49. The maximum atomic E-state index is 12.3. The molecule has 23 heavy (non-hydrogen) atoms. The van der Waals surface area contributed by atoms with E-state index in [4.69, 9.17) is 4.74 Å². The van der Waals surface area contributed by atoms with Crippen LogP contribution < -0.4 is 10.1 Å². The minimum atomic E-state index is -0.536. The summed E-state index contributed by atoms with van der Waals surface area (Å²) in [6.45, 7) is 9.92. The molecule has 0 aliphatic carbocycles. The van der Waals surface area contributed by atoms with Crippen molar-refractivity contribution in [2.75, 3.05) is 0 Å². The van der Waals surface area contributed by atoms with Gasteiger partial charge in [-0.1, -0.05) is 30.3 Å². The molecular weight excluding hydrogens is 286 g/mol. The van der Waals surface area contributed by atoms with Crippen LogP contribution in [0.4, 0.5) is 0 Å². The second-order valence-electron chi connectivity index (χ2n) is 6.15. The molecule has 0 spiro atoms. The highest BCUT2D eigenvalue weighted by Gasteiger charge is 2.18. The standard InChI is InChI=1S/C20H25NO2/c1-13-7-6-8-19(11-13)23-17(5)20(22)21-16(4)18-10-9-14(2)15(3)12-18/h6-12,16-17H,1-5H3,(H,21,22). The van der Waals surface area contributed by atoms with E-state index in [9.17, 15) is 4.79 Å². The second kappa shape index (κ2) is 7.32. The van der Waals surface area contributed by atoms with Gasteiger partial charge in [0.1, 0.15) is 5.75 Å². The van der Waals surface area contributed by atoms with Gasteiger partial charge in [-0.25, -0.2) is 0 Å². The highest BCUT2D eigenvalue weighted by Crippen LogP contribution is 2.18. The van der Waals surface area contributed by atoms with Crippen LogP contribution in [0, 0.1) is 20.8 Å². The van der Waals surface area contributed by atoms with Gasteiger partial charge in [-0.3, -0.25) is 4.79 Å². The minimum absolute atomic E-state index is 0.0506. The smallest absolute Gasteiger partial charge is 0.261 e. The van der Waals surface area contributed by atoms with Gasteiger partial charge in [0.25, 0.3) is 5.91 Å². The van der Waals surface area contributed by atoms with Crippen molar-refractivity contribution >= 4 is 5.91 Å². The van der Waals surface area contributed by atoms with Gasteiger partial charge in [-0.2, -0.15) is 0 Å². The van der Waals surface area contributed by atoms with Gasteiger partial charge in [0, 0.05) is 0 Å². The maximum Gasteiger partial charge on any atom is 0.261 e. The molecule has 2 rings (SSSR count). The molecule has 3 heteroatoms. The van der Waals surface area contributed by atoms with Crippen LogP contribution in [-0.2, 0) is 4.79 Å². The monoisotopic (exact) mass is 311 g/mol. The Morgan fingerprint density at radius 3 is 2.39 bits per heavy atom. The van der Waals surface area contributed by atoms with Gasteiger partial charge >= 0.3 is 0 Å². The summed E-state index contributed by atoms with van der Waals surface area (Å²) in [4.78, 5) is 12.3. The number of benzene rings is 2. The lowest BCUT2D eigenvalue weighted by molar-refractivity contribution is -0.127. The molecule has 0 aliphatic rings. The molecule has 0 fully saturated rings.